The van der Waals surface area contributed by atoms with Crippen molar-refractivity contribution in [2.75, 3.05) is 0 Å². The van der Waals surface area contributed by atoms with Crippen LogP contribution in [0.5, 0.6) is 5.75 Å². The molecule has 0 amide bonds. The van der Waals surface area contributed by atoms with Crippen molar-refractivity contribution in [3.05, 3.63) is 37.7 Å². The van der Waals surface area contributed by atoms with Crippen LogP contribution in [0, 0.1) is 15.9 Å². The Morgan fingerprint density at radius 3 is 2.77 bits per heavy atom. The molecule has 1 aromatic heterocycles. The van der Waals surface area contributed by atoms with Gasteiger partial charge in [0.25, 0.3) is 0 Å². The molecule has 1 aliphatic heterocycles. The number of nitrogens with zero attached hydrogens (tertiary/aromatic N) is 3. The molecule has 0 fully saturated rings. The summed E-state index contributed by atoms with van der Waals surface area (Å²) in [7, 11) is 0. The topological polar surface area (TPSA) is 81.2 Å². The quantitative estimate of drug-likeness (QED) is 0.660. The van der Waals surface area contributed by atoms with Crippen molar-refractivity contribution in [1.29, 1.82) is 0 Å². The van der Waals surface area contributed by atoms with E-state index in [2.05, 4.69) is 5.10 Å². The van der Waals surface area contributed by atoms with E-state index >= 15 is 0 Å². The van der Waals surface area contributed by atoms with Crippen LogP contribution in [0.2, 0.25) is 10.0 Å². The first-order valence-electron chi connectivity index (χ1n) is 6.52. The molecule has 0 radical (unpaired) electrons. The third kappa shape index (κ3) is 2.21. The molecule has 0 aliphatic carbocycles. The molecule has 9 heteroatoms. The van der Waals surface area contributed by atoms with Crippen molar-refractivity contribution < 1.29 is 14.4 Å². The first-order chi connectivity index (χ1) is 10.4. The molecule has 1 N–H and O–H groups in total. The van der Waals surface area contributed by atoms with Crippen LogP contribution < -0.4 is 0 Å². The van der Waals surface area contributed by atoms with Crippen molar-refractivity contribution in [2.45, 2.75) is 25.8 Å². The zero-order valence-electron chi connectivity index (χ0n) is 11.1. The lowest BCUT2D eigenvalue weighted by Crippen LogP contribution is -2.10. The highest BCUT2D eigenvalue weighted by Crippen LogP contribution is 2.45. The molecule has 0 bridgehead atoms. The third-order valence-corrected chi connectivity index (χ3v) is 4.31. The van der Waals surface area contributed by atoms with E-state index in [1.807, 2.05) is 0 Å². The highest BCUT2D eigenvalue weighted by molar-refractivity contribution is 6.34. The van der Waals surface area contributed by atoms with Crippen LogP contribution in [0.4, 0.5) is 10.1 Å². The molecule has 0 saturated carbocycles. The van der Waals surface area contributed by atoms with Gasteiger partial charge in [-0.05, 0) is 25.3 Å². The highest BCUT2D eigenvalue weighted by atomic mass is 35.5. The number of hydrogen-bond donors (Lipinski definition) is 1. The molecule has 22 heavy (non-hydrogen) atoms. The standard InChI is InChI=1S/C13H10Cl2FN3O3/c14-6-5-7(16)9(12(13(6)20)19(21)22)11-10(15)8-3-1-2-4-18(8)17-11/h5,20H,1-4H2. The molecule has 2 aromatic rings. The summed E-state index contributed by atoms with van der Waals surface area (Å²) < 4.78 is 15.9. The minimum atomic E-state index is -0.952. The number of phenolic OH excluding ortho intramolecular Hbond substituents is 1. The van der Waals surface area contributed by atoms with Crippen LogP contribution in [0.3, 0.4) is 0 Å². The number of benzene rings is 1. The van der Waals surface area contributed by atoms with Gasteiger partial charge in [-0.25, -0.2) is 4.39 Å². The van der Waals surface area contributed by atoms with Gasteiger partial charge in [-0.1, -0.05) is 23.2 Å². The van der Waals surface area contributed by atoms with Crippen LogP contribution in [0.25, 0.3) is 11.3 Å². The van der Waals surface area contributed by atoms with Crippen molar-refractivity contribution in [3.8, 4) is 17.0 Å². The molecular formula is C13H10Cl2FN3O3. The molecule has 116 valence electrons. The minimum absolute atomic E-state index is 0.0465. The Kier molecular flexibility index (Phi) is 3.70. The van der Waals surface area contributed by atoms with Gasteiger partial charge in [-0.3, -0.25) is 14.8 Å². The first-order valence-corrected chi connectivity index (χ1v) is 7.28. The number of aromatic hydroxyl groups is 1. The average Bonchev–Trinajstić information content (AvgIpc) is 2.79. The Hall–Kier alpha value is -1.86. The Balaban J connectivity index is 2.31. The second-order valence-electron chi connectivity index (χ2n) is 4.96. The van der Waals surface area contributed by atoms with Gasteiger partial charge >= 0.3 is 5.69 Å². The Labute approximate surface area is 134 Å². The van der Waals surface area contributed by atoms with Gasteiger partial charge in [0.05, 0.1) is 20.7 Å². The van der Waals surface area contributed by atoms with Crippen molar-refractivity contribution >= 4 is 28.9 Å². The molecular weight excluding hydrogens is 336 g/mol. The Morgan fingerprint density at radius 1 is 1.41 bits per heavy atom. The van der Waals surface area contributed by atoms with Gasteiger partial charge in [0.2, 0.25) is 5.75 Å². The van der Waals surface area contributed by atoms with Crippen LogP contribution in [-0.4, -0.2) is 19.8 Å². The van der Waals surface area contributed by atoms with Crippen LogP contribution in [-0.2, 0) is 13.0 Å². The molecule has 3 rings (SSSR count). The number of aryl methyl sites for hydroxylation is 1. The van der Waals surface area contributed by atoms with Gasteiger partial charge in [-0.2, -0.15) is 5.10 Å². The summed E-state index contributed by atoms with van der Waals surface area (Å²) in [5.41, 5.74) is -0.609. The first kappa shape index (κ1) is 15.1. The summed E-state index contributed by atoms with van der Waals surface area (Å²) in [6, 6.07) is 0.813. The van der Waals surface area contributed by atoms with E-state index < -0.39 is 32.8 Å². The maximum atomic E-state index is 14.3. The van der Waals surface area contributed by atoms with E-state index in [-0.39, 0.29) is 10.7 Å². The number of fused-ring (bicyclic) bond motifs is 1. The second kappa shape index (κ2) is 5.40. The minimum Gasteiger partial charge on any atom is -0.501 e. The number of hydrogen-bond acceptors (Lipinski definition) is 4. The summed E-state index contributed by atoms with van der Waals surface area (Å²) in [6.07, 6.45) is 2.49. The molecule has 0 saturated heterocycles. The fourth-order valence-electron chi connectivity index (χ4n) is 2.61. The fraction of sp³-hybridized carbons (Fsp3) is 0.308. The largest absolute Gasteiger partial charge is 0.501 e. The average molecular weight is 346 g/mol. The Morgan fingerprint density at radius 2 is 2.14 bits per heavy atom. The molecule has 1 aromatic carbocycles. The van der Waals surface area contributed by atoms with Gasteiger partial charge in [0, 0.05) is 6.54 Å². The zero-order valence-corrected chi connectivity index (χ0v) is 12.7. The summed E-state index contributed by atoms with van der Waals surface area (Å²) in [5.74, 6) is -1.75. The van der Waals surface area contributed by atoms with E-state index in [4.69, 9.17) is 23.2 Å². The molecule has 0 unspecified atom stereocenters. The lowest BCUT2D eigenvalue weighted by Gasteiger charge is -2.12. The SMILES string of the molecule is O=[N+]([O-])c1c(O)c(Cl)cc(F)c1-c1nn2c(c1Cl)CCCC2. The predicted octanol–water partition coefficient (Wildman–Crippen LogP) is 3.95. The number of phenols is 1. The number of nitro groups is 1. The van der Waals surface area contributed by atoms with Gasteiger partial charge < -0.3 is 5.11 Å². The number of rotatable bonds is 2. The highest BCUT2D eigenvalue weighted by Gasteiger charge is 2.32. The number of aromatic nitrogens is 2. The summed E-state index contributed by atoms with van der Waals surface area (Å²) >= 11 is 11.8. The molecule has 0 spiro atoms. The zero-order chi connectivity index (χ0) is 16.0. The third-order valence-electron chi connectivity index (χ3n) is 3.63. The molecule has 0 atom stereocenters. The monoisotopic (exact) mass is 345 g/mol. The van der Waals surface area contributed by atoms with Crippen molar-refractivity contribution in [3.63, 3.8) is 0 Å². The number of halogens is 3. The predicted molar refractivity (Wildman–Crippen MR) is 78.9 cm³/mol. The van der Waals surface area contributed by atoms with E-state index in [1.54, 1.807) is 4.68 Å². The van der Waals surface area contributed by atoms with Gasteiger partial charge in [0.15, 0.2) is 0 Å². The van der Waals surface area contributed by atoms with Crippen molar-refractivity contribution in [2.24, 2.45) is 0 Å². The van der Waals surface area contributed by atoms with E-state index in [0.717, 1.165) is 18.9 Å². The molecule has 2 heterocycles. The van der Waals surface area contributed by atoms with Crippen LogP contribution in [0.15, 0.2) is 6.07 Å². The van der Waals surface area contributed by atoms with E-state index in [9.17, 15) is 19.6 Å². The van der Waals surface area contributed by atoms with E-state index in [1.165, 1.54) is 0 Å². The maximum Gasteiger partial charge on any atom is 0.324 e. The smallest absolute Gasteiger partial charge is 0.324 e. The summed E-state index contributed by atoms with van der Waals surface area (Å²) in [4.78, 5) is 10.3. The number of nitro benzene ring substituents is 1. The van der Waals surface area contributed by atoms with Crippen molar-refractivity contribution in [1.82, 2.24) is 9.78 Å². The van der Waals surface area contributed by atoms with Crippen LogP contribution >= 0.6 is 23.2 Å². The summed E-state index contributed by atoms with van der Waals surface area (Å²) in [5, 5.41) is 24.9. The lowest BCUT2D eigenvalue weighted by molar-refractivity contribution is -0.385. The maximum absolute atomic E-state index is 14.3. The fourth-order valence-corrected chi connectivity index (χ4v) is 3.12. The molecule has 1 aliphatic rings. The van der Waals surface area contributed by atoms with Gasteiger partial charge in [0.1, 0.15) is 17.1 Å². The second-order valence-corrected chi connectivity index (χ2v) is 5.74. The van der Waals surface area contributed by atoms with Crippen LogP contribution in [0.1, 0.15) is 18.5 Å². The normalized spacial score (nSPS) is 14.0. The Bertz CT molecular complexity index is 792. The summed E-state index contributed by atoms with van der Waals surface area (Å²) in [6.45, 7) is 0.615. The molecule has 6 nitrogen and oxygen atoms in total. The van der Waals surface area contributed by atoms with Gasteiger partial charge in [-0.15, -0.1) is 0 Å². The lowest BCUT2D eigenvalue weighted by atomic mass is 10.1. The van der Waals surface area contributed by atoms with E-state index in [0.29, 0.717) is 18.7 Å².